The van der Waals surface area contributed by atoms with Crippen LogP contribution in [-0.2, 0) is 0 Å². The molecule has 0 radical (unpaired) electrons. The van der Waals surface area contributed by atoms with Crippen LogP contribution in [0.4, 0.5) is 0 Å². The molecular formula is C16H30N4O. The Hall–Kier alpha value is -0.810. The Morgan fingerprint density at radius 3 is 2.33 bits per heavy atom. The lowest BCUT2D eigenvalue weighted by Gasteiger charge is -2.35. The Morgan fingerprint density at radius 2 is 1.76 bits per heavy atom. The van der Waals surface area contributed by atoms with E-state index in [9.17, 15) is 0 Å². The first-order valence-corrected chi connectivity index (χ1v) is 8.60. The van der Waals surface area contributed by atoms with Crippen LogP contribution in [0.15, 0.2) is 5.16 Å². The first-order chi connectivity index (χ1) is 10.2. The van der Waals surface area contributed by atoms with Gasteiger partial charge in [-0.2, -0.15) is 0 Å². The number of hydrogen-bond acceptors (Lipinski definition) is 4. The van der Waals surface area contributed by atoms with Crippen molar-refractivity contribution in [2.45, 2.75) is 44.9 Å². The highest BCUT2D eigenvalue weighted by atomic mass is 16.4. The molecule has 0 spiro atoms. The summed E-state index contributed by atoms with van der Waals surface area (Å²) in [6, 6.07) is 0. The normalized spacial score (nSPS) is 28.1. The van der Waals surface area contributed by atoms with Gasteiger partial charge in [0.15, 0.2) is 0 Å². The Kier molecular flexibility index (Phi) is 4.69. The summed E-state index contributed by atoms with van der Waals surface area (Å²) in [6.07, 6.45) is 8.71. The maximum absolute atomic E-state index is 8.75. The molecule has 0 aromatic rings. The highest BCUT2D eigenvalue weighted by Crippen LogP contribution is 2.49. The third-order valence-corrected chi connectivity index (χ3v) is 5.62. The van der Waals surface area contributed by atoms with Crippen molar-refractivity contribution in [2.75, 3.05) is 39.3 Å². The molecule has 21 heavy (non-hydrogen) atoms. The molecule has 3 aliphatic rings. The molecule has 5 nitrogen and oxygen atoms in total. The number of hydrogen-bond donors (Lipinski definition) is 2. The lowest BCUT2D eigenvalue weighted by molar-refractivity contribution is 0.133. The second-order valence-electron chi connectivity index (χ2n) is 7.50. The first-order valence-electron chi connectivity index (χ1n) is 8.60. The number of piperidine rings is 1. The molecule has 3 N–H and O–H groups in total. The topological polar surface area (TPSA) is 65.1 Å². The van der Waals surface area contributed by atoms with Crippen LogP contribution in [0.5, 0.6) is 0 Å². The molecule has 0 aromatic heterocycles. The molecule has 2 saturated heterocycles. The van der Waals surface area contributed by atoms with Crippen molar-refractivity contribution in [3.8, 4) is 0 Å². The quantitative estimate of drug-likeness (QED) is 0.339. The third-order valence-electron chi connectivity index (χ3n) is 5.62. The SMILES string of the molecule is NC(CC1(CN2CCC(CN3CCCC3)CC2)CC1)=NO. The van der Waals surface area contributed by atoms with Crippen molar-refractivity contribution < 1.29 is 5.21 Å². The smallest absolute Gasteiger partial charge is 0.139 e. The average Bonchev–Trinajstić information content (AvgIpc) is 3.03. The minimum Gasteiger partial charge on any atom is -0.409 e. The Bertz CT molecular complexity index is 366. The zero-order chi connectivity index (χ0) is 14.7. The summed E-state index contributed by atoms with van der Waals surface area (Å²) >= 11 is 0. The van der Waals surface area contributed by atoms with Crippen molar-refractivity contribution in [3.05, 3.63) is 0 Å². The van der Waals surface area contributed by atoms with Gasteiger partial charge in [-0.3, -0.25) is 0 Å². The van der Waals surface area contributed by atoms with Gasteiger partial charge in [-0.25, -0.2) is 0 Å². The molecule has 5 heteroatoms. The second kappa shape index (κ2) is 6.53. The van der Waals surface area contributed by atoms with E-state index in [1.165, 1.54) is 71.2 Å². The largest absolute Gasteiger partial charge is 0.409 e. The lowest BCUT2D eigenvalue weighted by Crippen LogP contribution is -2.41. The van der Waals surface area contributed by atoms with Gasteiger partial charge in [0, 0.05) is 19.5 Å². The van der Waals surface area contributed by atoms with Gasteiger partial charge in [-0.15, -0.1) is 0 Å². The van der Waals surface area contributed by atoms with Gasteiger partial charge in [-0.05, 0) is 76.0 Å². The number of likely N-dealkylation sites (tertiary alicyclic amines) is 2. The summed E-state index contributed by atoms with van der Waals surface area (Å²) in [6.45, 7) is 7.57. The molecule has 120 valence electrons. The van der Waals surface area contributed by atoms with Crippen LogP contribution in [-0.4, -0.2) is 60.1 Å². The van der Waals surface area contributed by atoms with E-state index in [1.54, 1.807) is 0 Å². The Balaban J connectivity index is 1.39. The molecule has 1 saturated carbocycles. The molecule has 0 aromatic carbocycles. The molecule has 1 aliphatic carbocycles. The number of nitrogens with two attached hydrogens (primary N) is 1. The maximum Gasteiger partial charge on any atom is 0.139 e. The number of amidine groups is 1. The minimum atomic E-state index is 0.318. The summed E-state index contributed by atoms with van der Waals surface area (Å²) < 4.78 is 0. The summed E-state index contributed by atoms with van der Waals surface area (Å²) in [5, 5.41) is 11.9. The number of nitrogens with zero attached hydrogens (tertiary/aromatic N) is 3. The monoisotopic (exact) mass is 294 g/mol. The zero-order valence-corrected chi connectivity index (χ0v) is 13.1. The van der Waals surface area contributed by atoms with E-state index < -0.39 is 0 Å². The Morgan fingerprint density at radius 1 is 1.10 bits per heavy atom. The van der Waals surface area contributed by atoms with Crippen LogP contribution in [0.3, 0.4) is 0 Å². The highest BCUT2D eigenvalue weighted by molar-refractivity contribution is 5.80. The van der Waals surface area contributed by atoms with Gasteiger partial charge in [0.05, 0.1) is 0 Å². The molecule has 3 fully saturated rings. The van der Waals surface area contributed by atoms with Crippen molar-refractivity contribution in [1.82, 2.24) is 9.80 Å². The van der Waals surface area contributed by atoms with Crippen molar-refractivity contribution >= 4 is 5.84 Å². The summed E-state index contributed by atoms with van der Waals surface area (Å²) in [5.74, 6) is 1.30. The predicted octanol–water partition coefficient (Wildman–Crippen LogP) is 1.71. The number of oxime groups is 1. The Labute approximate surface area is 128 Å². The molecule has 0 unspecified atom stereocenters. The third kappa shape index (κ3) is 4.10. The van der Waals surface area contributed by atoms with E-state index in [-0.39, 0.29) is 0 Å². The van der Waals surface area contributed by atoms with Gasteiger partial charge >= 0.3 is 0 Å². The van der Waals surface area contributed by atoms with Gasteiger partial charge in [-0.1, -0.05) is 5.16 Å². The van der Waals surface area contributed by atoms with E-state index in [1.807, 2.05) is 0 Å². The van der Waals surface area contributed by atoms with Crippen LogP contribution in [0.25, 0.3) is 0 Å². The fourth-order valence-electron chi connectivity index (χ4n) is 4.12. The lowest BCUT2D eigenvalue weighted by atomic mass is 9.94. The number of rotatable bonds is 6. The van der Waals surface area contributed by atoms with Gasteiger partial charge in [0.25, 0.3) is 0 Å². The molecular weight excluding hydrogens is 264 g/mol. The van der Waals surface area contributed by atoms with Crippen LogP contribution in [0, 0.1) is 11.3 Å². The summed E-state index contributed by atoms with van der Waals surface area (Å²) in [5.41, 5.74) is 6.01. The maximum atomic E-state index is 8.75. The highest BCUT2D eigenvalue weighted by Gasteiger charge is 2.44. The fourth-order valence-corrected chi connectivity index (χ4v) is 4.12. The van der Waals surface area contributed by atoms with E-state index in [2.05, 4.69) is 15.0 Å². The molecule has 0 atom stereocenters. The standard InChI is InChI=1S/C16H30N4O/c17-15(18-21)11-16(5-6-16)13-20-9-3-14(4-10-20)12-19-7-1-2-8-19/h14,21H,1-13H2,(H2,17,18). The van der Waals surface area contributed by atoms with E-state index in [4.69, 9.17) is 10.9 Å². The first kappa shape index (κ1) is 15.1. The van der Waals surface area contributed by atoms with Crippen LogP contribution in [0.1, 0.15) is 44.9 Å². The van der Waals surface area contributed by atoms with Crippen LogP contribution < -0.4 is 5.73 Å². The van der Waals surface area contributed by atoms with Crippen molar-refractivity contribution in [1.29, 1.82) is 0 Å². The predicted molar refractivity (Wildman–Crippen MR) is 84.5 cm³/mol. The molecule has 2 heterocycles. The van der Waals surface area contributed by atoms with Gasteiger partial charge in [0.1, 0.15) is 5.84 Å². The fraction of sp³-hybridized carbons (Fsp3) is 0.938. The minimum absolute atomic E-state index is 0.318. The molecule has 0 amide bonds. The molecule has 0 bridgehead atoms. The zero-order valence-electron chi connectivity index (χ0n) is 13.1. The van der Waals surface area contributed by atoms with Gasteiger partial charge in [0.2, 0.25) is 0 Å². The summed E-state index contributed by atoms with van der Waals surface area (Å²) in [4.78, 5) is 5.26. The van der Waals surface area contributed by atoms with E-state index >= 15 is 0 Å². The van der Waals surface area contributed by atoms with Crippen LogP contribution in [0.2, 0.25) is 0 Å². The second-order valence-corrected chi connectivity index (χ2v) is 7.50. The van der Waals surface area contributed by atoms with E-state index in [0.717, 1.165) is 18.9 Å². The van der Waals surface area contributed by atoms with Gasteiger partial charge < -0.3 is 20.7 Å². The van der Waals surface area contributed by atoms with Crippen molar-refractivity contribution in [3.63, 3.8) is 0 Å². The van der Waals surface area contributed by atoms with E-state index in [0.29, 0.717) is 11.3 Å². The van der Waals surface area contributed by atoms with Crippen molar-refractivity contribution in [2.24, 2.45) is 22.2 Å². The van der Waals surface area contributed by atoms with Crippen LogP contribution >= 0.6 is 0 Å². The summed E-state index contributed by atoms with van der Waals surface area (Å²) in [7, 11) is 0. The molecule has 3 rings (SSSR count). The molecule has 2 aliphatic heterocycles. The average molecular weight is 294 g/mol.